The van der Waals surface area contributed by atoms with Crippen LogP contribution in [0.2, 0.25) is 0 Å². The van der Waals surface area contributed by atoms with Crippen molar-refractivity contribution in [2.24, 2.45) is 5.92 Å². The Balaban J connectivity index is 1.44. The van der Waals surface area contributed by atoms with Crippen molar-refractivity contribution in [2.45, 2.75) is 57.5 Å². The summed E-state index contributed by atoms with van der Waals surface area (Å²) >= 11 is 0. The highest BCUT2D eigenvalue weighted by molar-refractivity contribution is 7.85. The number of halogens is 3. The number of nitrogens with zero attached hydrogens (tertiary/aromatic N) is 3. The number of hydrogen-bond acceptors (Lipinski definition) is 5. The van der Waals surface area contributed by atoms with E-state index >= 15 is 0 Å². The number of amides is 1. The molecular weight excluding hydrogens is 501 g/mol. The first kappa shape index (κ1) is 26.9. The Hall–Kier alpha value is -3.11. The number of nitrogens with one attached hydrogen (secondary N) is 1. The average molecular weight is 531 g/mol. The van der Waals surface area contributed by atoms with Gasteiger partial charge >= 0.3 is 6.18 Å². The lowest BCUT2D eigenvalue weighted by atomic mass is 9.99. The van der Waals surface area contributed by atoms with Gasteiger partial charge in [0.05, 0.1) is 39.4 Å². The minimum absolute atomic E-state index is 0.0385. The van der Waals surface area contributed by atoms with Crippen LogP contribution in [0.1, 0.15) is 65.2 Å². The Labute approximate surface area is 216 Å². The van der Waals surface area contributed by atoms with Gasteiger partial charge in [-0.3, -0.25) is 23.9 Å². The molecule has 2 aromatic heterocycles. The predicted molar refractivity (Wildman–Crippen MR) is 135 cm³/mol. The van der Waals surface area contributed by atoms with E-state index in [4.69, 9.17) is 0 Å². The van der Waals surface area contributed by atoms with Crippen LogP contribution in [0, 0.1) is 5.92 Å². The maximum atomic E-state index is 12.9. The van der Waals surface area contributed by atoms with Crippen molar-refractivity contribution in [2.75, 3.05) is 5.75 Å². The number of alkyl halides is 3. The summed E-state index contributed by atoms with van der Waals surface area (Å²) in [6.07, 6.45) is -1.99. The molecule has 0 bridgehead atoms. The van der Waals surface area contributed by atoms with Gasteiger partial charge in [0.1, 0.15) is 0 Å². The van der Waals surface area contributed by atoms with Crippen LogP contribution in [0.5, 0.6) is 0 Å². The van der Waals surface area contributed by atoms with Gasteiger partial charge in [0.2, 0.25) is 0 Å². The molecule has 6 nitrogen and oxygen atoms in total. The fraction of sp³-hybridized carbons (Fsp3) is 0.370. The van der Waals surface area contributed by atoms with E-state index in [0.717, 1.165) is 34.0 Å². The Morgan fingerprint density at radius 3 is 2.46 bits per heavy atom. The van der Waals surface area contributed by atoms with Crippen molar-refractivity contribution in [3.8, 4) is 0 Å². The zero-order chi connectivity index (χ0) is 26.7. The molecule has 0 saturated carbocycles. The highest BCUT2D eigenvalue weighted by Gasteiger charge is 2.35. The summed E-state index contributed by atoms with van der Waals surface area (Å²) in [5.74, 6) is 0.505. The van der Waals surface area contributed by atoms with Gasteiger partial charge < -0.3 is 5.32 Å². The Kier molecular flexibility index (Phi) is 8.08. The second-order valence-electron chi connectivity index (χ2n) is 9.36. The monoisotopic (exact) mass is 530 g/mol. The van der Waals surface area contributed by atoms with E-state index in [1.54, 1.807) is 6.20 Å². The van der Waals surface area contributed by atoms with Crippen molar-refractivity contribution in [1.29, 1.82) is 0 Å². The van der Waals surface area contributed by atoms with Gasteiger partial charge in [-0.05, 0) is 47.4 Å². The Morgan fingerprint density at radius 2 is 1.86 bits per heavy atom. The topological polar surface area (TPSA) is 75.2 Å². The molecule has 0 fully saturated rings. The lowest BCUT2D eigenvalue weighted by Crippen LogP contribution is -2.26. The largest absolute Gasteiger partial charge is 0.417 e. The Bertz CT molecular complexity index is 1280. The third-order valence-corrected chi connectivity index (χ3v) is 7.68. The molecule has 1 N–H and O–H groups in total. The van der Waals surface area contributed by atoms with E-state index in [0.29, 0.717) is 36.6 Å². The minimum Gasteiger partial charge on any atom is -0.348 e. The van der Waals surface area contributed by atoms with Gasteiger partial charge in [-0.15, -0.1) is 0 Å². The number of pyridine rings is 2. The van der Waals surface area contributed by atoms with E-state index in [9.17, 15) is 22.2 Å². The molecule has 0 aliphatic carbocycles. The molecule has 1 unspecified atom stereocenters. The molecule has 4 rings (SSSR count). The summed E-state index contributed by atoms with van der Waals surface area (Å²) in [5, 5.41) is 2.90. The maximum absolute atomic E-state index is 12.9. The van der Waals surface area contributed by atoms with Crippen molar-refractivity contribution in [3.05, 3.63) is 88.5 Å². The van der Waals surface area contributed by atoms with Gasteiger partial charge in [-0.1, -0.05) is 32.9 Å². The average Bonchev–Trinajstić information content (AvgIpc) is 3.24. The van der Waals surface area contributed by atoms with Crippen LogP contribution in [0.15, 0.2) is 59.8 Å². The Morgan fingerprint density at radius 1 is 1.14 bits per heavy atom. The SMILES string of the molecule is CCS(=O)c1ccc(CNC(=O)c2cnc3c(c2)CN(Cc2ccc(C(F)(F)F)cn2)[C@H]3C(C)C)cc1. The first-order valence-electron chi connectivity index (χ1n) is 12.1. The molecule has 3 aromatic rings. The number of benzene rings is 1. The van der Waals surface area contributed by atoms with Crippen molar-refractivity contribution >= 4 is 16.7 Å². The third-order valence-electron chi connectivity index (χ3n) is 6.36. The molecule has 1 aromatic carbocycles. The molecular formula is C27H29F3N4O2S. The first-order valence-corrected chi connectivity index (χ1v) is 13.4. The van der Waals surface area contributed by atoms with Crippen molar-refractivity contribution < 1.29 is 22.2 Å². The molecule has 3 heterocycles. The number of hydrogen-bond donors (Lipinski definition) is 1. The van der Waals surface area contributed by atoms with E-state index in [2.05, 4.69) is 34.0 Å². The normalized spacial score (nSPS) is 16.6. The molecule has 196 valence electrons. The number of rotatable bonds is 8. The van der Waals surface area contributed by atoms with Crippen LogP contribution in [0.25, 0.3) is 0 Å². The smallest absolute Gasteiger partial charge is 0.348 e. The van der Waals surface area contributed by atoms with E-state index < -0.39 is 22.5 Å². The predicted octanol–water partition coefficient (Wildman–Crippen LogP) is 5.27. The van der Waals surface area contributed by atoms with E-state index in [1.807, 2.05) is 37.3 Å². The van der Waals surface area contributed by atoms with Crippen molar-refractivity contribution in [1.82, 2.24) is 20.2 Å². The van der Waals surface area contributed by atoms with Crippen LogP contribution in [-0.2, 0) is 36.6 Å². The van der Waals surface area contributed by atoms with Crippen LogP contribution in [0.4, 0.5) is 13.2 Å². The summed E-state index contributed by atoms with van der Waals surface area (Å²) in [6, 6.07) is 11.6. The zero-order valence-electron chi connectivity index (χ0n) is 20.9. The summed E-state index contributed by atoms with van der Waals surface area (Å²) in [4.78, 5) is 24.3. The highest BCUT2D eigenvalue weighted by atomic mass is 32.2. The first-order chi connectivity index (χ1) is 17.6. The molecule has 37 heavy (non-hydrogen) atoms. The van der Waals surface area contributed by atoms with Crippen LogP contribution >= 0.6 is 0 Å². The van der Waals surface area contributed by atoms with E-state index in [-0.39, 0.29) is 17.9 Å². The third kappa shape index (κ3) is 6.24. The molecule has 1 aliphatic rings. The minimum atomic E-state index is -4.42. The van der Waals surface area contributed by atoms with Crippen molar-refractivity contribution in [3.63, 3.8) is 0 Å². The van der Waals surface area contributed by atoms with Gasteiger partial charge in [0.25, 0.3) is 5.91 Å². The number of carbonyl (C=O) groups is 1. The quantitative estimate of drug-likeness (QED) is 0.430. The molecule has 0 radical (unpaired) electrons. The second-order valence-corrected chi connectivity index (χ2v) is 11.1. The number of aromatic nitrogens is 2. The molecule has 10 heteroatoms. The van der Waals surface area contributed by atoms with Crippen LogP contribution < -0.4 is 5.32 Å². The standard InChI is InChI=1S/C27H29F3N4O2S/c1-4-37(36)23-9-5-18(6-10-23)12-33-26(35)19-11-20-15-34(25(17(2)3)24(20)32-13-19)16-22-8-7-21(14-31-22)27(28,29)30/h5-11,13-14,17,25H,4,12,15-16H2,1-3H3,(H,33,35)/t25-,37?/m0/s1. The summed E-state index contributed by atoms with van der Waals surface area (Å²) < 4.78 is 50.5. The van der Waals surface area contributed by atoms with Gasteiger partial charge in [-0.2, -0.15) is 13.2 Å². The van der Waals surface area contributed by atoms with Crippen LogP contribution in [-0.4, -0.2) is 30.7 Å². The number of fused-ring (bicyclic) bond motifs is 1. The summed E-state index contributed by atoms with van der Waals surface area (Å²) in [5.41, 5.74) is 2.90. The fourth-order valence-corrected chi connectivity index (χ4v) is 5.30. The lowest BCUT2D eigenvalue weighted by molar-refractivity contribution is -0.137. The summed E-state index contributed by atoms with van der Waals surface area (Å²) in [6.45, 7) is 7.22. The highest BCUT2D eigenvalue weighted by Crippen LogP contribution is 2.38. The van der Waals surface area contributed by atoms with Gasteiger partial charge in [0, 0.05) is 42.7 Å². The van der Waals surface area contributed by atoms with Gasteiger partial charge in [-0.25, -0.2) is 0 Å². The second kappa shape index (κ2) is 11.1. The molecule has 1 amide bonds. The zero-order valence-corrected chi connectivity index (χ0v) is 21.7. The molecule has 1 aliphatic heterocycles. The molecule has 0 spiro atoms. The molecule has 0 saturated heterocycles. The van der Waals surface area contributed by atoms with Gasteiger partial charge in [0.15, 0.2) is 0 Å². The maximum Gasteiger partial charge on any atom is 0.417 e. The lowest BCUT2D eigenvalue weighted by Gasteiger charge is -2.27. The van der Waals surface area contributed by atoms with E-state index in [1.165, 1.54) is 6.07 Å². The summed E-state index contributed by atoms with van der Waals surface area (Å²) in [7, 11) is -1.02. The molecule has 2 atom stereocenters. The number of carbonyl (C=O) groups excluding carboxylic acids is 1. The van der Waals surface area contributed by atoms with Crippen LogP contribution in [0.3, 0.4) is 0 Å². The fourth-order valence-electron chi connectivity index (χ4n) is 4.52.